The van der Waals surface area contributed by atoms with Crippen LogP contribution < -0.4 is 15.8 Å². The molecular weight excluding hydrogens is 240 g/mol. The minimum absolute atomic E-state index is 0.704. The van der Waals surface area contributed by atoms with Crippen molar-refractivity contribution < 1.29 is 4.74 Å². The van der Waals surface area contributed by atoms with E-state index >= 15 is 0 Å². The zero-order chi connectivity index (χ0) is 13.5. The molecule has 0 fully saturated rings. The van der Waals surface area contributed by atoms with Crippen LogP contribution in [0.1, 0.15) is 13.3 Å². The lowest BCUT2D eigenvalue weighted by molar-refractivity contribution is 0.318. The van der Waals surface area contributed by atoms with Crippen LogP contribution in [0.25, 0.3) is 0 Å². The van der Waals surface area contributed by atoms with Crippen LogP contribution in [-0.4, -0.2) is 22.9 Å². The van der Waals surface area contributed by atoms with Gasteiger partial charge in [-0.25, -0.2) is 0 Å². The summed E-state index contributed by atoms with van der Waals surface area (Å²) < 4.78 is 7.47. The molecule has 0 atom stereocenters. The summed E-state index contributed by atoms with van der Waals surface area (Å²) >= 11 is 0. The van der Waals surface area contributed by atoms with Gasteiger partial charge in [-0.15, -0.1) is 0 Å². The Morgan fingerprint density at radius 1 is 1.37 bits per heavy atom. The molecule has 5 heteroatoms. The van der Waals surface area contributed by atoms with E-state index in [1.54, 1.807) is 6.20 Å². The van der Waals surface area contributed by atoms with Crippen LogP contribution in [0.2, 0.25) is 0 Å². The van der Waals surface area contributed by atoms with Gasteiger partial charge in [0, 0.05) is 42.4 Å². The number of nitrogens with zero attached hydrogens (tertiary/aromatic N) is 2. The molecule has 19 heavy (non-hydrogen) atoms. The van der Waals surface area contributed by atoms with Crippen molar-refractivity contribution in [2.45, 2.75) is 19.9 Å². The molecule has 3 N–H and O–H groups in total. The van der Waals surface area contributed by atoms with Crippen molar-refractivity contribution in [2.75, 3.05) is 24.2 Å². The highest BCUT2D eigenvalue weighted by Gasteiger charge is 2.00. The van der Waals surface area contributed by atoms with Crippen LogP contribution in [0, 0.1) is 0 Å². The highest BCUT2D eigenvalue weighted by atomic mass is 16.5. The quantitative estimate of drug-likeness (QED) is 0.750. The number of hydrogen-bond donors (Lipinski definition) is 2. The van der Waals surface area contributed by atoms with Crippen molar-refractivity contribution in [3.63, 3.8) is 0 Å². The monoisotopic (exact) mass is 260 g/mol. The van der Waals surface area contributed by atoms with Gasteiger partial charge in [0.1, 0.15) is 5.75 Å². The molecule has 2 aromatic rings. The van der Waals surface area contributed by atoms with Crippen molar-refractivity contribution in [1.82, 2.24) is 9.78 Å². The van der Waals surface area contributed by atoms with Crippen molar-refractivity contribution in [2.24, 2.45) is 0 Å². The summed E-state index contributed by atoms with van der Waals surface area (Å²) in [7, 11) is 0. The third kappa shape index (κ3) is 4.21. The molecule has 0 aliphatic rings. The Labute approximate surface area is 113 Å². The third-order valence-electron chi connectivity index (χ3n) is 2.63. The van der Waals surface area contributed by atoms with Crippen molar-refractivity contribution in [1.29, 1.82) is 0 Å². The largest absolute Gasteiger partial charge is 0.493 e. The molecule has 0 aliphatic heterocycles. The van der Waals surface area contributed by atoms with E-state index in [1.165, 1.54) is 0 Å². The SMILES string of the molecule is CCCOc1cc(N)cc(NCCn2cccn2)c1. The number of nitrogen functional groups attached to an aromatic ring is 1. The molecule has 0 radical (unpaired) electrons. The predicted octanol–water partition coefficient (Wildman–Crippen LogP) is 2.37. The van der Waals surface area contributed by atoms with E-state index in [0.717, 1.165) is 30.9 Å². The summed E-state index contributed by atoms with van der Waals surface area (Å²) in [6, 6.07) is 7.63. The van der Waals surface area contributed by atoms with Crippen LogP contribution in [0.4, 0.5) is 11.4 Å². The third-order valence-corrected chi connectivity index (χ3v) is 2.63. The first-order chi connectivity index (χ1) is 9.28. The number of nitrogens with one attached hydrogen (secondary N) is 1. The maximum absolute atomic E-state index is 5.86. The lowest BCUT2D eigenvalue weighted by Gasteiger charge is -2.11. The minimum Gasteiger partial charge on any atom is -0.493 e. The molecule has 1 heterocycles. The number of rotatable bonds is 7. The summed E-state index contributed by atoms with van der Waals surface area (Å²) in [6.45, 7) is 4.39. The second-order valence-corrected chi connectivity index (χ2v) is 4.34. The fourth-order valence-electron chi connectivity index (χ4n) is 1.77. The zero-order valence-corrected chi connectivity index (χ0v) is 11.2. The minimum atomic E-state index is 0.704. The van der Waals surface area contributed by atoms with Crippen molar-refractivity contribution in [3.05, 3.63) is 36.7 Å². The lowest BCUT2D eigenvalue weighted by atomic mass is 10.2. The smallest absolute Gasteiger partial charge is 0.123 e. The van der Waals surface area contributed by atoms with E-state index in [1.807, 2.05) is 35.1 Å². The van der Waals surface area contributed by atoms with E-state index in [4.69, 9.17) is 10.5 Å². The molecule has 0 saturated carbocycles. The van der Waals surface area contributed by atoms with Gasteiger partial charge < -0.3 is 15.8 Å². The average molecular weight is 260 g/mol. The summed E-state index contributed by atoms with van der Waals surface area (Å²) in [5.74, 6) is 0.809. The normalized spacial score (nSPS) is 10.4. The van der Waals surface area contributed by atoms with Crippen molar-refractivity contribution in [3.8, 4) is 5.75 Å². The Morgan fingerprint density at radius 3 is 3.00 bits per heavy atom. The Balaban J connectivity index is 1.90. The summed E-state index contributed by atoms with van der Waals surface area (Å²) in [6.07, 6.45) is 4.70. The van der Waals surface area contributed by atoms with E-state index < -0.39 is 0 Å². The number of anilines is 2. The van der Waals surface area contributed by atoms with E-state index in [0.29, 0.717) is 12.3 Å². The van der Waals surface area contributed by atoms with Gasteiger partial charge in [-0.05, 0) is 18.6 Å². The Morgan fingerprint density at radius 2 is 2.26 bits per heavy atom. The molecule has 0 amide bonds. The Hall–Kier alpha value is -2.17. The van der Waals surface area contributed by atoms with Gasteiger partial charge in [-0.3, -0.25) is 4.68 Å². The molecule has 102 valence electrons. The van der Waals surface area contributed by atoms with Crippen LogP contribution in [0.3, 0.4) is 0 Å². The van der Waals surface area contributed by atoms with Gasteiger partial charge in [-0.2, -0.15) is 5.10 Å². The summed E-state index contributed by atoms with van der Waals surface area (Å²) in [4.78, 5) is 0. The highest BCUT2D eigenvalue weighted by molar-refractivity contribution is 5.59. The fraction of sp³-hybridized carbons (Fsp3) is 0.357. The maximum Gasteiger partial charge on any atom is 0.123 e. The van der Waals surface area contributed by atoms with Crippen LogP contribution in [-0.2, 0) is 6.54 Å². The molecule has 0 spiro atoms. The number of benzene rings is 1. The second kappa shape index (κ2) is 6.68. The first-order valence-corrected chi connectivity index (χ1v) is 6.52. The fourth-order valence-corrected chi connectivity index (χ4v) is 1.77. The van der Waals surface area contributed by atoms with Gasteiger partial charge >= 0.3 is 0 Å². The Kier molecular flexibility index (Phi) is 4.66. The standard InChI is InChI=1S/C14H20N4O/c1-2-8-19-14-10-12(15)9-13(11-14)16-5-7-18-6-3-4-17-18/h3-4,6,9-11,16H,2,5,7-8,15H2,1H3. The van der Waals surface area contributed by atoms with Gasteiger partial charge in [-0.1, -0.05) is 6.92 Å². The second-order valence-electron chi connectivity index (χ2n) is 4.34. The predicted molar refractivity (Wildman–Crippen MR) is 77.4 cm³/mol. The van der Waals surface area contributed by atoms with Crippen LogP contribution >= 0.6 is 0 Å². The number of aromatic nitrogens is 2. The molecule has 0 aliphatic carbocycles. The van der Waals surface area contributed by atoms with E-state index in [2.05, 4.69) is 17.3 Å². The lowest BCUT2D eigenvalue weighted by Crippen LogP contribution is -2.11. The van der Waals surface area contributed by atoms with Crippen molar-refractivity contribution >= 4 is 11.4 Å². The first kappa shape index (κ1) is 13.3. The van der Waals surface area contributed by atoms with E-state index in [9.17, 15) is 0 Å². The zero-order valence-electron chi connectivity index (χ0n) is 11.2. The van der Waals surface area contributed by atoms with Gasteiger partial charge in [0.05, 0.1) is 13.2 Å². The van der Waals surface area contributed by atoms with Crippen LogP contribution in [0.5, 0.6) is 5.75 Å². The summed E-state index contributed by atoms with van der Waals surface area (Å²) in [5.41, 5.74) is 7.53. The summed E-state index contributed by atoms with van der Waals surface area (Å²) in [5, 5.41) is 7.47. The molecule has 5 nitrogen and oxygen atoms in total. The first-order valence-electron chi connectivity index (χ1n) is 6.52. The molecule has 1 aromatic heterocycles. The average Bonchev–Trinajstić information content (AvgIpc) is 2.89. The van der Waals surface area contributed by atoms with Gasteiger partial charge in [0.2, 0.25) is 0 Å². The molecule has 2 rings (SSSR count). The molecule has 0 saturated heterocycles. The highest BCUT2D eigenvalue weighted by Crippen LogP contribution is 2.22. The molecular formula is C14H20N4O. The molecule has 0 unspecified atom stereocenters. The number of nitrogens with two attached hydrogens (primary N) is 1. The molecule has 0 bridgehead atoms. The maximum atomic E-state index is 5.86. The van der Waals surface area contributed by atoms with Gasteiger partial charge in [0.25, 0.3) is 0 Å². The topological polar surface area (TPSA) is 65.1 Å². The van der Waals surface area contributed by atoms with Gasteiger partial charge in [0.15, 0.2) is 0 Å². The Bertz CT molecular complexity index is 496. The molecule has 1 aromatic carbocycles. The van der Waals surface area contributed by atoms with Crippen LogP contribution in [0.15, 0.2) is 36.7 Å². The number of hydrogen-bond acceptors (Lipinski definition) is 4. The number of ether oxygens (including phenoxy) is 1. The van der Waals surface area contributed by atoms with E-state index in [-0.39, 0.29) is 0 Å².